The summed E-state index contributed by atoms with van der Waals surface area (Å²) in [6, 6.07) is 1.90. The van der Waals surface area contributed by atoms with Gasteiger partial charge in [-0.15, -0.1) is 0 Å². The maximum Gasteiger partial charge on any atom is 0.246 e. The van der Waals surface area contributed by atoms with Crippen LogP contribution in [0.5, 0.6) is 0 Å². The molecule has 1 aliphatic heterocycles. The average Bonchev–Trinajstić information content (AvgIpc) is 2.74. The van der Waals surface area contributed by atoms with E-state index in [4.69, 9.17) is 0 Å². The zero-order chi connectivity index (χ0) is 12.1. The third-order valence-corrected chi connectivity index (χ3v) is 2.96. The van der Waals surface area contributed by atoms with E-state index in [0.29, 0.717) is 6.54 Å². The van der Waals surface area contributed by atoms with Crippen molar-refractivity contribution < 1.29 is 4.79 Å². The highest BCUT2D eigenvalue weighted by Gasteiger charge is 2.15. The minimum Gasteiger partial charge on any atom is -0.352 e. The first-order valence-electron chi connectivity index (χ1n) is 5.92. The summed E-state index contributed by atoms with van der Waals surface area (Å²) < 4.78 is 1.87. The van der Waals surface area contributed by atoms with Crippen LogP contribution in [0.3, 0.4) is 0 Å². The van der Waals surface area contributed by atoms with Crippen LogP contribution in [-0.2, 0) is 11.3 Å². The summed E-state index contributed by atoms with van der Waals surface area (Å²) in [5, 5.41) is 10.2. The van der Waals surface area contributed by atoms with Gasteiger partial charge in [0.05, 0.1) is 0 Å². The van der Waals surface area contributed by atoms with Crippen LogP contribution >= 0.6 is 0 Å². The second kappa shape index (κ2) is 5.63. The lowest BCUT2D eigenvalue weighted by Crippen LogP contribution is -2.37. The molecule has 0 spiro atoms. The van der Waals surface area contributed by atoms with Gasteiger partial charge in [-0.25, -0.2) is 0 Å². The lowest BCUT2D eigenvalue weighted by molar-refractivity contribution is -0.117. The van der Waals surface area contributed by atoms with Crippen LogP contribution in [-0.4, -0.2) is 35.3 Å². The molecule has 1 aromatic heterocycles. The molecule has 1 amide bonds. The molecule has 0 unspecified atom stereocenters. The van der Waals surface area contributed by atoms with Gasteiger partial charge in [0.1, 0.15) is 0 Å². The predicted octanol–water partition coefficient (Wildman–Crippen LogP) is 0.309. The van der Waals surface area contributed by atoms with Gasteiger partial charge < -0.3 is 10.6 Å². The lowest BCUT2D eigenvalue weighted by Gasteiger charge is -2.21. The number of nitrogens with zero attached hydrogens (tertiary/aromatic N) is 2. The molecule has 5 nitrogen and oxygen atoms in total. The van der Waals surface area contributed by atoms with E-state index in [0.717, 1.165) is 31.6 Å². The van der Waals surface area contributed by atoms with Crippen molar-refractivity contribution in [3.63, 3.8) is 0 Å². The van der Waals surface area contributed by atoms with Gasteiger partial charge in [-0.05, 0) is 25.0 Å². The molecule has 2 heterocycles. The van der Waals surface area contributed by atoms with Crippen LogP contribution in [0.4, 0.5) is 0 Å². The van der Waals surface area contributed by atoms with Crippen molar-refractivity contribution in [1.82, 2.24) is 20.4 Å². The monoisotopic (exact) mass is 234 g/mol. The zero-order valence-corrected chi connectivity index (χ0v) is 10.1. The number of nitrogens with one attached hydrogen (secondary N) is 2. The summed E-state index contributed by atoms with van der Waals surface area (Å²) in [5.74, 6) is 0.0574. The van der Waals surface area contributed by atoms with E-state index in [-0.39, 0.29) is 5.91 Å². The average molecular weight is 234 g/mol. The molecular formula is C12H18N4O. The Morgan fingerprint density at radius 2 is 2.41 bits per heavy atom. The minimum absolute atomic E-state index is 0.0574. The Hall–Kier alpha value is -1.62. The minimum atomic E-state index is 0.0574. The highest BCUT2D eigenvalue weighted by atomic mass is 16.1. The number of aromatic nitrogens is 2. The Balaban J connectivity index is 1.66. The van der Waals surface area contributed by atoms with Crippen molar-refractivity contribution in [2.75, 3.05) is 19.6 Å². The number of aryl methyl sites for hydroxylation is 1. The molecule has 5 heteroatoms. The fraction of sp³-hybridized carbons (Fsp3) is 0.500. The van der Waals surface area contributed by atoms with Crippen LogP contribution in [0.1, 0.15) is 13.3 Å². The standard InChI is InChI=1S/C12H18N4O/c1-10(11-8-13-9-11)12(17)14-4-2-6-16-7-3-5-15-16/h3,5,7,13H,2,4,6,8-9H2,1H3,(H,14,17). The molecule has 0 bridgehead atoms. The second-order valence-corrected chi connectivity index (χ2v) is 4.21. The molecule has 0 saturated carbocycles. The molecule has 1 aromatic rings. The van der Waals surface area contributed by atoms with Crippen molar-refractivity contribution in [3.05, 3.63) is 29.6 Å². The number of amides is 1. The molecule has 2 N–H and O–H groups in total. The maximum absolute atomic E-state index is 11.7. The van der Waals surface area contributed by atoms with E-state index in [1.807, 2.05) is 23.9 Å². The van der Waals surface area contributed by atoms with Crippen LogP contribution in [0.25, 0.3) is 0 Å². The molecule has 0 aromatic carbocycles. The Bertz CT molecular complexity index is 402. The highest BCUT2D eigenvalue weighted by molar-refractivity contribution is 5.93. The van der Waals surface area contributed by atoms with Gasteiger partial charge in [0.2, 0.25) is 5.91 Å². The summed E-state index contributed by atoms with van der Waals surface area (Å²) in [5.41, 5.74) is 2.08. The first-order valence-corrected chi connectivity index (χ1v) is 5.92. The molecule has 2 rings (SSSR count). The van der Waals surface area contributed by atoms with Crippen molar-refractivity contribution >= 4 is 5.91 Å². The molecule has 0 radical (unpaired) electrons. The summed E-state index contributed by atoms with van der Waals surface area (Å²) >= 11 is 0. The normalized spacial score (nSPS) is 14.3. The topological polar surface area (TPSA) is 59.0 Å². The third-order valence-electron chi connectivity index (χ3n) is 2.96. The van der Waals surface area contributed by atoms with Gasteiger partial charge in [-0.1, -0.05) is 0 Å². The summed E-state index contributed by atoms with van der Waals surface area (Å²) in [6.07, 6.45) is 4.58. The zero-order valence-electron chi connectivity index (χ0n) is 10.1. The van der Waals surface area contributed by atoms with Gasteiger partial charge in [0.15, 0.2) is 0 Å². The van der Waals surface area contributed by atoms with Crippen molar-refractivity contribution in [1.29, 1.82) is 0 Å². The number of carbonyl (C=O) groups excluding carboxylic acids is 1. The predicted molar refractivity (Wildman–Crippen MR) is 65.4 cm³/mol. The van der Waals surface area contributed by atoms with E-state index in [9.17, 15) is 4.79 Å². The second-order valence-electron chi connectivity index (χ2n) is 4.21. The van der Waals surface area contributed by atoms with E-state index in [1.165, 1.54) is 5.57 Å². The van der Waals surface area contributed by atoms with Crippen LogP contribution in [0.15, 0.2) is 29.6 Å². The lowest BCUT2D eigenvalue weighted by atomic mass is 10.0. The Morgan fingerprint density at radius 1 is 1.59 bits per heavy atom. The molecule has 17 heavy (non-hydrogen) atoms. The number of rotatable bonds is 5. The largest absolute Gasteiger partial charge is 0.352 e. The molecule has 0 aliphatic carbocycles. The summed E-state index contributed by atoms with van der Waals surface area (Å²) in [6.45, 7) is 5.12. The number of carbonyl (C=O) groups is 1. The first-order chi connectivity index (χ1) is 8.27. The number of hydrogen-bond donors (Lipinski definition) is 2. The fourth-order valence-corrected chi connectivity index (χ4v) is 1.68. The third kappa shape index (κ3) is 3.17. The molecule has 1 fully saturated rings. The maximum atomic E-state index is 11.7. The Kier molecular flexibility index (Phi) is 3.93. The smallest absolute Gasteiger partial charge is 0.246 e. The van der Waals surface area contributed by atoms with E-state index in [1.54, 1.807) is 6.20 Å². The van der Waals surface area contributed by atoms with Crippen LogP contribution < -0.4 is 10.6 Å². The van der Waals surface area contributed by atoms with Crippen LogP contribution in [0, 0.1) is 0 Å². The molecule has 0 atom stereocenters. The molecule has 92 valence electrons. The van der Waals surface area contributed by atoms with Gasteiger partial charge in [-0.2, -0.15) is 5.10 Å². The Morgan fingerprint density at radius 3 is 3.00 bits per heavy atom. The van der Waals surface area contributed by atoms with E-state index in [2.05, 4.69) is 15.7 Å². The summed E-state index contributed by atoms with van der Waals surface area (Å²) in [7, 11) is 0. The first kappa shape index (κ1) is 11.9. The van der Waals surface area contributed by atoms with Gasteiger partial charge in [0.25, 0.3) is 0 Å². The van der Waals surface area contributed by atoms with Gasteiger partial charge in [0, 0.05) is 44.1 Å². The van der Waals surface area contributed by atoms with Crippen LogP contribution in [0.2, 0.25) is 0 Å². The van der Waals surface area contributed by atoms with E-state index < -0.39 is 0 Å². The Labute approximate surface area is 101 Å². The summed E-state index contributed by atoms with van der Waals surface area (Å²) in [4.78, 5) is 11.7. The van der Waals surface area contributed by atoms with Gasteiger partial charge in [-0.3, -0.25) is 9.48 Å². The van der Waals surface area contributed by atoms with E-state index >= 15 is 0 Å². The molecular weight excluding hydrogens is 216 g/mol. The van der Waals surface area contributed by atoms with Crippen molar-refractivity contribution in [2.24, 2.45) is 0 Å². The quantitative estimate of drug-likeness (QED) is 0.569. The molecule has 1 saturated heterocycles. The highest BCUT2D eigenvalue weighted by Crippen LogP contribution is 2.08. The number of hydrogen-bond acceptors (Lipinski definition) is 3. The fourth-order valence-electron chi connectivity index (χ4n) is 1.68. The van der Waals surface area contributed by atoms with Crippen molar-refractivity contribution in [3.8, 4) is 0 Å². The molecule has 1 aliphatic rings. The van der Waals surface area contributed by atoms with Gasteiger partial charge >= 0.3 is 0 Å². The SMILES string of the molecule is CC(C(=O)NCCCn1cccn1)=C1CNC1. The van der Waals surface area contributed by atoms with Crippen molar-refractivity contribution in [2.45, 2.75) is 19.9 Å².